The van der Waals surface area contributed by atoms with E-state index in [0.717, 1.165) is 6.07 Å². The summed E-state index contributed by atoms with van der Waals surface area (Å²) in [7, 11) is -3.91. The van der Waals surface area contributed by atoms with Crippen LogP contribution in [0.1, 0.15) is 16.8 Å². The van der Waals surface area contributed by atoms with E-state index in [0.29, 0.717) is 16.6 Å². The molecule has 0 spiro atoms. The van der Waals surface area contributed by atoms with Gasteiger partial charge in [-0.3, -0.25) is 0 Å². The number of esters is 1. The van der Waals surface area contributed by atoms with Crippen molar-refractivity contribution >= 4 is 31.9 Å². The molecule has 25 heavy (non-hydrogen) atoms. The van der Waals surface area contributed by atoms with Crippen molar-refractivity contribution in [3.05, 3.63) is 58.3 Å². The van der Waals surface area contributed by atoms with Crippen molar-refractivity contribution < 1.29 is 27.1 Å². The molecule has 0 aromatic heterocycles. The molecule has 0 heterocycles. The van der Waals surface area contributed by atoms with Gasteiger partial charge in [-0.25, -0.2) is 22.7 Å². The highest BCUT2D eigenvalue weighted by atomic mass is 79.9. The van der Waals surface area contributed by atoms with Crippen molar-refractivity contribution in [2.75, 3.05) is 13.2 Å². The third-order valence-corrected chi connectivity index (χ3v) is 4.69. The summed E-state index contributed by atoms with van der Waals surface area (Å²) in [5.74, 6) is -0.524. The fourth-order valence-corrected chi connectivity index (χ4v) is 2.81. The summed E-state index contributed by atoms with van der Waals surface area (Å²) < 4.78 is 46.3. The Bertz CT molecular complexity index is 855. The third kappa shape index (κ3) is 5.80. The number of hydrogen-bond donors (Lipinski definition) is 1. The predicted octanol–water partition coefficient (Wildman–Crippen LogP) is 2.86. The third-order valence-electron chi connectivity index (χ3n) is 3.09. The molecule has 134 valence electrons. The summed E-state index contributed by atoms with van der Waals surface area (Å²) in [4.78, 5) is 11.9. The van der Waals surface area contributed by atoms with E-state index in [-0.39, 0.29) is 29.5 Å². The molecule has 0 atom stereocenters. The minimum atomic E-state index is -3.91. The maximum absolute atomic E-state index is 12.8. The number of sulfonamides is 1. The van der Waals surface area contributed by atoms with E-state index in [1.807, 2.05) is 0 Å². The lowest BCUT2D eigenvalue weighted by Gasteiger charge is -2.09. The first-order chi connectivity index (χ1) is 11.8. The second-order valence-electron chi connectivity index (χ2n) is 4.98. The quantitative estimate of drug-likeness (QED) is 0.536. The highest BCUT2D eigenvalue weighted by molar-refractivity contribution is 9.10. The number of benzene rings is 2. The number of primary sulfonamides is 1. The van der Waals surface area contributed by atoms with Crippen LogP contribution < -0.4 is 9.88 Å². The molecule has 0 radical (unpaired) electrons. The fraction of sp³-hybridized carbons (Fsp3) is 0.188. The van der Waals surface area contributed by atoms with Crippen LogP contribution in [-0.4, -0.2) is 27.6 Å². The van der Waals surface area contributed by atoms with Gasteiger partial charge in [0.15, 0.2) is 0 Å². The van der Waals surface area contributed by atoms with Crippen molar-refractivity contribution in [3.8, 4) is 5.75 Å². The van der Waals surface area contributed by atoms with E-state index in [9.17, 15) is 17.6 Å². The van der Waals surface area contributed by atoms with Crippen LogP contribution >= 0.6 is 15.9 Å². The van der Waals surface area contributed by atoms with E-state index in [1.165, 1.54) is 36.4 Å². The predicted molar refractivity (Wildman–Crippen MR) is 92.3 cm³/mol. The van der Waals surface area contributed by atoms with Crippen LogP contribution in [0.5, 0.6) is 5.75 Å². The Balaban J connectivity index is 1.85. The topological polar surface area (TPSA) is 95.7 Å². The summed E-state index contributed by atoms with van der Waals surface area (Å²) in [6, 6.07) is 9.41. The van der Waals surface area contributed by atoms with Crippen LogP contribution in [0, 0.1) is 5.82 Å². The van der Waals surface area contributed by atoms with Gasteiger partial charge in [0.25, 0.3) is 0 Å². The number of ether oxygens (including phenoxy) is 2. The highest BCUT2D eigenvalue weighted by Crippen LogP contribution is 2.21. The summed E-state index contributed by atoms with van der Waals surface area (Å²) >= 11 is 3.17. The van der Waals surface area contributed by atoms with Gasteiger partial charge in [0.2, 0.25) is 10.0 Å². The molecule has 0 amide bonds. The standard InChI is InChI=1S/C16H15BrFNO5S/c17-15-7-6-13(25(19,21)22)10-14(15)16(20)24-9-1-8-23-12-4-2-11(18)3-5-12/h2-7,10H,1,8-9H2,(H2,19,21,22). The normalized spacial score (nSPS) is 11.2. The minimum Gasteiger partial charge on any atom is -0.493 e. The number of rotatable bonds is 7. The lowest BCUT2D eigenvalue weighted by atomic mass is 10.2. The van der Waals surface area contributed by atoms with Crippen LogP contribution in [0.15, 0.2) is 51.8 Å². The van der Waals surface area contributed by atoms with Crippen molar-refractivity contribution in [2.45, 2.75) is 11.3 Å². The molecule has 0 saturated heterocycles. The first kappa shape index (κ1) is 19.4. The number of halogens is 2. The molecule has 0 unspecified atom stereocenters. The average Bonchev–Trinajstić information content (AvgIpc) is 2.55. The molecule has 0 fully saturated rings. The molecule has 0 saturated carbocycles. The van der Waals surface area contributed by atoms with Gasteiger partial charge in [-0.05, 0) is 58.4 Å². The Hall–Kier alpha value is -1.97. The maximum atomic E-state index is 12.8. The van der Waals surface area contributed by atoms with Gasteiger partial charge in [-0.1, -0.05) is 0 Å². The van der Waals surface area contributed by atoms with Crippen molar-refractivity contribution in [1.82, 2.24) is 0 Å². The van der Waals surface area contributed by atoms with Crippen molar-refractivity contribution in [1.29, 1.82) is 0 Å². The first-order valence-corrected chi connectivity index (χ1v) is 9.49. The highest BCUT2D eigenvalue weighted by Gasteiger charge is 2.16. The molecule has 2 aromatic carbocycles. The SMILES string of the molecule is NS(=O)(=O)c1ccc(Br)c(C(=O)OCCCOc2ccc(F)cc2)c1. The first-order valence-electron chi connectivity index (χ1n) is 7.15. The maximum Gasteiger partial charge on any atom is 0.339 e. The van der Waals surface area contributed by atoms with Gasteiger partial charge in [-0.15, -0.1) is 0 Å². The van der Waals surface area contributed by atoms with Gasteiger partial charge in [0.05, 0.1) is 23.7 Å². The molecule has 0 aliphatic rings. The number of hydrogen-bond acceptors (Lipinski definition) is 5. The molecule has 2 aromatic rings. The van der Waals surface area contributed by atoms with Crippen LogP contribution in [0.3, 0.4) is 0 Å². The monoisotopic (exact) mass is 431 g/mol. The average molecular weight is 432 g/mol. The van der Waals surface area contributed by atoms with Crippen LogP contribution in [0.4, 0.5) is 4.39 Å². The Morgan fingerprint density at radius 3 is 2.44 bits per heavy atom. The lowest BCUT2D eigenvalue weighted by Crippen LogP contribution is -2.14. The minimum absolute atomic E-state index is 0.0611. The summed E-state index contributed by atoms with van der Waals surface area (Å²) in [6.07, 6.45) is 0.412. The summed E-state index contributed by atoms with van der Waals surface area (Å²) in [6.45, 7) is 0.351. The van der Waals surface area contributed by atoms with E-state index in [2.05, 4.69) is 15.9 Å². The van der Waals surface area contributed by atoms with Gasteiger partial charge in [-0.2, -0.15) is 0 Å². The second kappa shape index (κ2) is 8.41. The fourth-order valence-electron chi connectivity index (χ4n) is 1.86. The Morgan fingerprint density at radius 1 is 1.12 bits per heavy atom. The number of carbonyl (C=O) groups is 1. The van der Waals surface area contributed by atoms with Gasteiger partial charge >= 0.3 is 5.97 Å². The molecule has 2 rings (SSSR count). The molecule has 2 N–H and O–H groups in total. The van der Waals surface area contributed by atoms with Gasteiger partial charge in [0.1, 0.15) is 11.6 Å². The number of nitrogens with two attached hydrogens (primary N) is 1. The molecule has 0 aliphatic carbocycles. The van der Waals surface area contributed by atoms with Crippen molar-refractivity contribution in [3.63, 3.8) is 0 Å². The van der Waals surface area contributed by atoms with E-state index < -0.39 is 16.0 Å². The molecule has 0 aliphatic heterocycles. The van der Waals surface area contributed by atoms with E-state index >= 15 is 0 Å². The van der Waals surface area contributed by atoms with Crippen LogP contribution in [-0.2, 0) is 14.8 Å². The second-order valence-corrected chi connectivity index (χ2v) is 7.39. The summed E-state index contributed by atoms with van der Waals surface area (Å²) in [5, 5.41) is 5.04. The molecule has 9 heteroatoms. The van der Waals surface area contributed by atoms with E-state index in [4.69, 9.17) is 14.6 Å². The zero-order chi connectivity index (χ0) is 18.4. The molecule has 0 bridgehead atoms. The molecular weight excluding hydrogens is 417 g/mol. The largest absolute Gasteiger partial charge is 0.493 e. The molecular formula is C16H15BrFNO5S. The zero-order valence-corrected chi connectivity index (χ0v) is 15.3. The molecule has 6 nitrogen and oxygen atoms in total. The zero-order valence-electron chi connectivity index (χ0n) is 12.9. The van der Waals surface area contributed by atoms with Crippen molar-refractivity contribution in [2.24, 2.45) is 5.14 Å². The smallest absolute Gasteiger partial charge is 0.339 e. The van der Waals surface area contributed by atoms with Crippen LogP contribution in [0.25, 0.3) is 0 Å². The Kier molecular flexibility index (Phi) is 6.51. The van der Waals surface area contributed by atoms with E-state index in [1.54, 1.807) is 0 Å². The lowest BCUT2D eigenvalue weighted by molar-refractivity contribution is 0.0484. The number of carbonyl (C=O) groups excluding carboxylic acids is 1. The summed E-state index contributed by atoms with van der Waals surface area (Å²) in [5.41, 5.74) is 0.0611. The van der Waals surface area contributed by atoms with Crippen LogP contribution in [0.2, 0.25) is 0 Å². The van der Waals surface area contributed by atoms with Gasteiger partial charge in [0, 0.05) is 10.9 Å². The van der Waals surface area contributed by atoms with Gasteiger partial charge < -0.3 is 9.47 Å². The Morgan fingerprint density at radius 2 is 1.80 bits per heavy atom. The Labute approximate surface area is 152 Å².